The van der Waals surface area contributed by atoms with Crippen molar-refractivity contribution in [3.8, 4) is 5.75 Å². The molecular weight excluding hydrogens is 276 g/mol. The topological polar surface area (TPSA) is 44.6 Å². The second kappa shape index (κ2) is 3.40. The molecule has 1 aliphatic heterocycles. The van der Waals surface area contributed by atoms with Crippen LogP contribution in [0.3, 0.4) is 0 Å². The lowest BCUT2D eigenvalue weighted by Gasteiger charge is -2.14. The predicted octanol–water partition coefficient (Wildman–Crippen LogP) is 3.04. The molecule has 1 aromatic rings. The molecule has 0 spiro atoms. The summed E-state index contributed by atoms with van der Waals surface area (Å²) in [7, 11) is 0. The van der Waals surface area contributed by atoms with E-state index in [0.29, 0.717) is 15.5 Å². The maximum atomic E-state index is 9.47. The number of rotatable bonds is 0. The smallest absolute Gasteiger partial charge is 0.181 e. The summed E-state index contributed by atoms with van der Waals surface area (Å²) in [5, 5.41) is 10.0. The van der Waals surface area contributed by atoms with E-state index in [9.17, 15) is 5.11 Å². The van der Waals surface area contributed by atoms with E-state index in [4.69, 9.17) is 11.6 Å². The molecule has 0 saturated carbocycles. The third kappa shape index (κ3) is 1.63. The van der Waals surface area contributed by atoms with Gasteiger partial charge in [-0.3, -0.25) is 0 Å². The third-order valence-electron chi connectivity index (χ3n) is 1.51. The van der Waals surface area contributed by atoms with Crippen LogP contribution in [0, 0.1) is 0 Å². The van der Waals surface area contributed by atoms with E-state index >= 15 is 0 Å². The predicted molar refractivity (Wildman–Crippen MR) is 58.1 cm³/mol. The number of hydrogen-bond donors (Lipinski definition) is 2. The van der Waals surface area contributed by atoms with E-state index in [0.717, 1.165) is 4.90 Å². The second-order valence-corrected chi connectivity index (χ2v) is 4.33. The molecule has 0 atom stereocenters. The van der Waals surface area contributed by atoms with Crippen molar-refractivity contribution in [1.82, 2.24) is 4.72 Å². The molecule has 0 bridgehead atoms. The molecular formula is C7H4BrClN2OS. The summed E-state index contributed by atoms with van der Waals surface area (Å²) in [6.45, 7) is 0. The van der Waals surface area contributed by atoms with Gasteiger partial charge >= 0.3 is 0 Å². The lowest BCUT2D eigenvalue weighted by atomic mass is 10.3. The minimum Gasteiger partial charge on any atom is -0.506 e. The Kier molecular flexibility index (Phi) is 2.40. The molecule has 1 heterocycles. The van der Waals surface area contributed by atoms with Gasteiger partial charge in [0.15, 0.2) is 4.74 Å². The second-order valence-electron chi connectivity index (χ2n) is 2.35. The molecule has 68 valence electrons. The quantitative estimate of drug-likeness (QED) is 0.567. The Bertz CT molecular complexity index is 396. The highest BCUT2D eigenvalue weighted by molar-refractivity contribution is 9.18. The Balaban J connectivity index is 2.65. The van der Waals surface area contributed by atoms with E-state index in [1.807, 2.05) is 0 Å². The fourth-order valence-electron chi connectivity index (χ4n) is 0.955. The van der Waals surface area contributed by atoms with Crippen LogP contribution in [0.25, 0.3) is 0 Å². The molecule has 1 aromatic carbocycles. The first kappa shape index (κ1) is 9.18. The van der Waals surface area contributed by atoms with Crippen molar-refractivity contribution in [2.75, 3.05) is 0 Å². The van der Waals surface area contributed by atoms with Gasteiger partial charge in [-0.15, -0.1) is 0 Å². The maximum absolute atomic E-state index is 9.47. The molecule has 3 nitrogen and oxygen atoms in total. The average molecular weight is 280 g/mol. The number of aliphatic imine (C=N–C) groups is 1. The van der Waals surface area contributed by atoms with E-state index in [2.05, 4.69) is 25.6 Å². The third-order valence-corrected chi connectivity index (χ3v) is 3.49. The van der Waals surface area contributed by atoms with Gasteiger partial charge in [-0.05, 0) is 40.0 Å². The molecule has 2 rings (SSSR count). The lowest BCUT2D eigenvalue weighted by molar-refractivity contribution is 0.475. The molecule has 2 N–H and O–H groups in total. The Morgan fingerprint density at radius 1 is 1.54 bits per heavy atom. The van der Waals surface area contributed by atoms with Gasteiger partial charge in [0.25, 0.3) is 0 Å². The average Bonchev–Trinajstić information content (AvgIpc) is 2.12. The number of phenolic OH excluding ortho intramolecular Hbond substituents is 1. The summed E-state index contributed by atoms with van der Waals surface area (Å²) in [5.74, 6) is 0.130. The SMILES string of the molecule is Oc1ccc(Cl)c2c1N=C(Br)NS2. The Morgan fingerprint density at radius 3 is 3.08 bits per heavy atom. The molecule has 0 radical (unpaired) electrons. The first-order chi connectivity index (χ1) is 6.18. The number of fused-ring (bicyclic) bond motifs is 1. The van der Waals surface area contributed by atoms with Gasteiger partial charge in [-0.2, -0.15) is 0 Å². The number of aromatic hydroxyl groups is 1. The van der Waals surface area contributed by atoms with E-state index < -0.39 is 0 Å². The van der Waals surface area contributed by atoms with Gasteiger partial charge in [0, 0.05) is 0 Å². The van der Waals surface area contributed by atoms with Crippen molar-refractivity contribution in [2.45, 2.75) is 4.90 Å². The Hall–Kier alpha value is -0.390. The van der Waals surface area contributed by atoms with Gasteiger partial charge < -0.3 is 9.83 Å². The molecule has 0 aliphatic carbocycles. The summed E-state index contributed by atoms with van der Waals surface area (Å²) in [6.07, 6.45) is 0. The summed E-state index contributed by atoms with van der Waals surface area (Å²) in [6, 6.07) is 3.16. The zero-order chi connectivity index (χ0) is 9.42. The maximum Gasteiger partial charge on any atom is 0.181 e. The lowest BCUT2D eigenvalue weighted by Crippen LogP contribution is -2.11. The molecule has 0 fully saturated rings. The largest absolute Gasteiger partial charge is 0.506 e. The Morgan fingerprint density at radius 2 is 2.31 bits per heavy atom. The molecule has 0 unspecified atom stereocenters. The first-order valence-electron chi connectivity index (χ1n) is 3.37. The van der Waals surface area contributed by atoms with Crippen LogP contribution < -0.4 is 4.72 Å². The molecule has 0 amide bonds. The number of nitrogens with zero attached hydrogens (tertiary/aromatic N) is 1. The van der Waals surface area contributed by atoms with E-state index in [-0.39, 0.29) is 5.75 Å². The molecule has 0 aromatic heterocycles. The number of phenols is 1. The highest BCUT2D eigenvalue weighted by Gasteiger charge is 2.17. The van der Waals surface area contributed by atoms with Crippen molar-refractivity contribution in [3.63, 3.8) is 0 Å². The fourth-order valence-corrected chi connectivity index (χ4v) is 2.29. The number of hydrogen-bond acceptors (Lipinski definition) is 4. The van der Waals surface area contributed by atoms with Crippen LogP contribution in [0.15, 0.2) is 22.0 Å². The van der Waals surface area contributed by atoms with Crippen molar-refractivity contribution in [3.05, 3.63) is 17.2 Å². The van der Waals surface area contributed by atoms with Gasteiger partial charge in [-0.25, -0.2) is 4.99 Å². The summed E-state index contributed by atoms with van der Waals surface area (Å²) >= 11 is 10.4. The minimum atomic E-state index is 0.130. The number of halogens is 2. The van der Waals surface area contributed by atoms with Crippen molar-refractivity contribution in [2.24, 2.45) is 4.99 Å². The van der Waals surface area contributed by atoms with Crippen molar-refractivity contribution in [1.29, 1.82) is 0 Å². The number of amidine groups is 1. The van der Waals surface area contributed by atoms with Gasteiger partial charge in [0.05, 0.1) is 9.92 Å². The summed E-state index contributed by atoms with van der Waals surface area (Å²) in [5.41, 5.74) is 0.503. The van der Waals surface area contributed by atoms with E-state index in [1.54, 1.807) is 6.07 Å². The standard InChI is InChI=1S/C7H4BrClN2OS/c8-7-10-5-4(12)2-1-3(9)6(5)13-11-7/h1-2,12H,(H,10,11). The van der Waals surface area contributed by atoms with Crippen LogP contribution in [0.2, 0.25) is 5.02 Å². The number of benzene rings is 1. The fraction of sp³-hybridized carbons (Fsp3) is 0. The minimum absolute atomic E-state index is 0.130. The monoisotopic (exact) mass is 278 g/mol. The van der Waals surface area contributed by atoms with Crippen LogP contribution in [0.4, 0.5) is 5.69 Å². The van der Waals surface area contributed by atoms with Gasteiger partial charge in [0.2, 0.25) is 0 Å². The first-order valence-corrected chi connectivity index (χ1v) is 5.36. The van der Waals surface area contributed by atoms with Crippen LogP contribution >= 0.6 is 39.5 Å². The molecule has 13 heavy (non-hydrogen) atoms. The van der Waals surface area contributed by atoms with Crippen molar-refractivity contribution >= 4 is 49.9 Å². The van der Waals surface area contributed by atoms with Gasteiger partial charge in [-0.1, -0.05) is 11.6 Å². The van der Waals surface area contributed by atoms with Gasteiger partial charge in [0.1, 0.15) is 11.4 Å². The summed E-state index contributed by atoms with van der Waals surface area (Å²) in [4.78, 5) is 4.81. The summed E-state index contributed by atoms with van der Waals surface area (Å²) < 4.78 is 3.47. The zero-order valence-corrected chi connectivity index (χ0v) is 9.37. The molecule has 1 aliphatic rings. The normalized spacial score (nSPS) is 14.5. The highest BCUT2D eigenvalue weighted by Crippen LogP contribution is 2.43. The zero-order valence-electron chi connectivity index (χ0n) is 6.21. The molecule has 6 heteroatoms. The highest BCUT2D eigenvalue weighted by atomic mass is 79.9. The van der Waals surface area contributed by atoms with Crippen molar-refractivity contribution < 1.29 is 5.11 Å². The van der Waals surface area contributed by atoms with Crippen LogP contribution in [-0.4, -0.2) is 9.85 Å². The Labute approximate surface area is 92.5 Å². The molecule has 0 saturated heterocycles. The van der Waals surface area contributed by atoms with Crippen LogP contribution in [-0.2, 0) is 0 Å². The van der Waals surface area contributed by atoms with E-state index in [1.165, 1.54) is 18.0 Å². The number of nitrogens with one attached hydrogen (secondary N) is 1. The van der Waals surface area contributed by atoms with Crippen LogP contribution in [0.1, 0.15) is 0 Å². The van der Waals surface area contributed by atoms with Crippen LogP contribution in [0.5, 0.6) is 5.75 Å².